The Bertz CT molecular complexity index is 310. The maximum atomic E-state index is 12.5. The van der Waals surface area contributed by atoms with E-state index >= 15 is 0 Å². The lowest BCUT2D eigenvalue weighted by atomic mass is 10.1. The van der Waals surface area contributed by atoms with Crippen LogP contribution in [-0.2, 0) is 4.79 Å². The van der Waals surface area contributed by atoms with Gasteiger partial charge in [-0.3, -0.25) is 4.79 Å². The van der Waals surface area contributed by atoms with Crippen molar-refractivity contribution in [2.45, 2.75) is 50.2 Å². The zero-order valence-electron chi connectivity index (χ0n) is 11.6. The molecule has 19 heavy (non-hydrogen) atoms. The van der Waals surface area contributed by atoms with E-state index in [2.05, 4.69) is 15.5 Å². The number of nitrogens with one attached hydrogen (secondary N) is 2. The molecule has 0 spiro atoms. The van der Waals surface area contributed by atoms with Gasteiger partial charge in [0.1, 0.15) is 0 Å². The molecule has 3 fully saturated rings. The third-order valence-corrected chi connectivity index (χ3v) is 5.44. The Morgan fingerprint density at radius 3 is 2.63 bits per heavy atom. The van der Waals surface area contributed by atoms with E-state index in [1.54, 1.807) is 0 Å². The van der Waals surface area contributed by atoms with Gasteiger partial charge >= 0.3 is 0 Å². The van der Waals surface area contributed by atoms with E-state index in [1.807, 2.05) is 11.8 Å². The predicted octanol–water partition coefficient (Wildman–Crippen LogP) is 0.824. The number of rotatable bonds is 5. The van der Waals surface area contributed by atoms with Crippen LogP contribution in [0, 0.1) is 0 Å². The van der Waals surface area contributed by atoms with Crippen LogP contribution in [0.1, 0.15) is 32.1 Å². The van der Waals surface area contributed by atoms with Crippen molar-refractivity contribution in [1.82, 2.24) is 15.5 Å². The first-order valence-electron chi connectivity index (χ1n) is 7.67. The van der Waals surface area contributed by atoms with Gasteiger partial charge in [-0.1, -0.05) is 0 Å². The van der Waals surface area contributed by atoms with E-state index in [0.29, 0.717) is 30.5 Å². The van der Waals surface area contributed by atoms with Crippen LogP contribution < -0.4 is 10.6 Å². The Labute approximate surface area is 120 Å². The van der Waals surface area contributed by atoms with Gasteiger partial charge in [0.2, 0.25) is 5.91 Å². The molecule has 2 heterocycles. The first-order chi connectivity index (χ1) is 9.33. The number of carbonyl (C=O) groups is 1. The average molecular weight is 283 g/mol. The van der Waals surface area contributed by atoms with Crippen molar-refractivity contribution in [2.24, 2.45) is 0 Å². The molecule has 2 atom stereocenters. The molecular formula is C14H25N3OS. The molecule has 1 aliphatic carbocycles. The second-order valence-corrected chi connectivity index (χ2v) is 7.15. The Morgan fingerprint density at radius 2 is 2.00 bits per heavy atom. The minimum atomic E-state index is 0.371. The standard InChI is InChI=1S/C14H25N3OS/c18-14(8-12-10-19-7-6-16-12)17(13-3-4-13)9-11-2-1-5-15-11/h11-13,15-16H,1-10H2/t11-,12-/m1/s1. The number of thioether (sulfide) groups is 1. The molecular weight excluding hydrogens is 258 g/mol. The van der Waals surface area contributed by atoms with Crippen LogP contribution in [-0.4, -0.2) is 60.1 Å². The van der Waals surface area contributed by atoms with E-state index in [9.17, 15) is 4.79 Å². The summed E-state index contributed by atoms with van der Waals surface area (Å²) in [6.07, 6.45) is 5.61. The first kappa shape index (κ1) is 13.7. The second-order valence-electron chi connectivity index (χ2n) is 6.00. The lowest BCUT2D eigenvalue weighted by Crippen LogP contribution is -2.46. The minimum absolute atomic E-state index is 0.371. The maximum absolute atomic E-state index is 12.5. The highest BCUT2D eigenvalue weighted by Crippen LogP contribution is 2.28. The lowest BCUT2D eigenvalue weighted by Gasteiger charge is -2.29. The van der Waals surface area contributed by atoms with Gasteiger partial charge in [0.05, 0.1) is 0 Å². The molecule has 3 aliphatic rings. The number of hydrogen-bond donors (Lipinski definition) is 2. The second kappa shape index (κ2) is 6.46. The van der Waals surface area contributed by atoms with Crippen LogP contribution in [0.2, 0.25) is 0 Å². The summed E-state index contributed by atoms with van der Waals surface area (Å²) in [7, 11) is 0. The Morgan fingerprint density at radius 1 is 1.16 bits per heavy atom. The fourth-order valence-corrected chi connectivity index (χ4v) is 4.02. The van der Waals surface area contributed by atoms with E-state index in [-0.39, 0.29) is 0 Å². The van der Waals surface area contributed by atoms with E-state index in [0.717, 1.165) is 25.4 Å². The van der Waals surface area contributed by atoms with Gasteiger partial charge in [0, 0.05) is 49.1 Å². The summed E-state index contributed by atoms with van der Waals surface area (Å²) >= 11 is 1.97. The number of nitrogens with zero attached hydrogens (tertiary/aromatic N) is 1. The molecule has 1 saturated carbocycles. The van der Waals surface area contributed by atoms with E-state index in [1.165, 1.54) is 31.4 Å². The fourth-order valence-electron chi connectivity index (χ4n) is 3.07. The van der Waals surface area contributed by atoms with Crippen LogP contribution in [0.15, 0.2) is 0 Å². The molecule has 2 aliphatic heterocycles. The number of carbonyl (C=O) groups excluding carboxylic acids is 1. The van der Waals surface area contributed by atoms with Crippen LogP contribution in [0.3, 0.4) is 0 Å². The van der Waals surface area contributed by atoms with Gasteiger partial charge < -0.3 is 15.5 Å². The van der Waals surface area contributed by atoms with Crippen LogP contribution in [0.25, 0.3) is 0 Å². The van der Waals surface area contributed by atoms with Crippen LogP contribution >= 0.6 is 11.8 Å². The van der Waals surface area contributed by atoms with Crippen molar-refractivity contribution >= 4 is 17.7 Å². The summed E-state index contributed by atoms with van der Waals surface area (Å²) < 4.78 is 0. The third kappa shape index (κ3) is 3.86. The topological polar surface area (TPSA) is 44.4 Å². The Kier molecular flexibility index (Phi) is 4.66. The molecule has 0 radical (unpaired) electrons. The van der Waals surface area contributed by atoms with Gasteiger partial charge in [0.15, 0.2) is 0 Å². The monoisotopic (exact) mass is 283 g/mol. The molecule has 0 aromatic carbocycles. The zero-order valence-corrected chi connectivity index (χ0v) is 12.4. The average Bonchev–Trinajstić information content (AvgIpc) is 3.14. The molecule has 2 saturated heterocycles. The molecule has 0 aromatic heterocycles. The predicted molar refractivity (Wildman–Crippen MR) is 79.5 cm³/mol. The highest BCUT2D eigenvalue weighted by Gasteiger charge is 2.35. The summed E-state index contributed by atoms with van der Waals surface area (Å²) in [6, 6.07) is 1.48. The molecule has 0 aromatic rings. The van der Waals surface area contributed by atoms with Crippen molar-refractivity contribution in [3.05, 3.63) is 0 Å². The zero-order chi connectivity index (χ0) is 13.1. The van der Waals surface area contributed by atoms with Gasteiger partial charge in [0.25, 0.3) is 0 Å². The van der Waals surface area contributed by atoms with Gasteiger partial charge in [-0.05, 0) is 32.2 Å². The normalized spacial score (nSPS) is 31.4. The fraction of sp³-hybridized carbons (Fsp3) is 0.929. The third-order valence-electron chi connectivity index (χ3n) is 4.31. The van der Waals surface area contributed by atoms with Crippen LogP contribution in [0.5, 0.6) is 0 Å². The first-order valence-corrected chi connectivity index (χ1v) is 8.82. The smallest absolute Gasteiger partial charge is 0.224 e. The molecule has 1 amide bonds. The molecule has 5 heteroatoms. The summed E-state index contributed by atoms with van der Waals surface area (Å²) in [5.41, 5.74) is 0. The van der Waals surface area contributed by atoms with Crippen molar-refractivity contribution in [1.29, 1.82) is 0 Å². The molecule has 2 N–H and O–H groups in total. The number of hydrogen-bond acceptors (Lipinski definition) is 4. The highest BCUT2D eigenvalue weighted by molar-refractivity contribution is 7.99. The summed E-state index contributed by atoms with van der Waals surface area (Å²) in [5, 5.41) is 6.99. The SMILES string of the molecule is O=C(C[C@@H]1CSCCN1)N(C[C@H]1CCCN1)C1CC1. The summed E-state index contributed by atoms with van der Waals surface area (Å²) in [6.45, 7) is 3.11. The Balaban J connectivity index is 1.51. The van der Waals surface area contributed by atoms with E-state index < -0.39 is 0 Å². The van der Waals surface area contributed by atoms with Gasteiger partial charge in [-0.25, -0.2) is 0 Å². The van der Waals surface area contributed by atoms with Crippen molar-refractivity contribution in [3.63, 3.8) is 0 Å². The maximum Gasteiger partial charge on any atom is 0.224 e. The van der Waals surface area contributed by atoms with Crippen LogP contribution in [0.4, 0.5) is 0 Å². The van der Waals surface area contributed by atoms with Crippen molar-refractivity contribution in [2.75, 3.05) is 31.1 Å². The summed E-state index contributed by atoms with van der Waals surface area (Å²) in [5.74, 6) is 2.64. The van der Waals surface area contributed by atoms with Gasteiger partial charge in [-0.2, -0.15) is 11.8 Å². The summed E-state index contributed by atoms with van der Waals surface area (Å²) in [4.78, 5) is 14.7. The molecule has 4 nitrogen and oxygen atoms in total. The molecule has 0 unspecified atom stereocenters. The quantitative estimate of drug-likeness (QED) is 0.784. The van der Waals surface area contributed by atoms with E-state index in [4.69, 9.17) is 0 Å². The van der Waals surface area contributed by atoms with Crippen molar-refractivity contribution in [3.8, 4) is 0 Å². The molecule has 0 bridgehead atoms. The molecule has 3 rings (SSSR count). The minimum Gasteiger partial charge on any atom is -0.338 e. The Hall–Kier alpha value is -0.260. The van der Waals surface area contributed by atoms with Gasteiger partial charge in [-0.15, -0.1) is 0 Å². The van der Waals surface area contributed by atoms with Crippen molar-refractivity contribution < 1.29 is 4.79 Å². The lowest BCUT2D eigenvalue weighted by molar-refractivity contribution is -0.132. The number of amides is 1. The molecule has 108 valence electrons. The highest BCUT2D eigenvalue weighted by atomic mass is 32.2. The largest absolute Gasteiger partial charge is 0.338 e.